The van der Waals surface area contributed by atoms with Crippen molar-refractivity contribution in [3.63, 3.8) is 0 Å². The van der Waals surface area contributed by atoms with Crippen LogP contribution in [0.25, 0.3) is 0 Å². The average molecular weight is 805 g/mol. The van der Waals surface area contributed by atoms with Crippen molar-refractivity contribution >= 4 is 65.1 Å². The number of nitrogens with two attached hydrogens (primary N) is 1. The van der Waals surface area contributed by atoms with E-state index in [0.29, 0.717) is 12.2 Å². The number of carboxylic acid groups (broad SMARTS) is 2. The Labute approximate surface area is 322 Å². The molecule has 0 radical (unpaired) electrons. The largest absolute Gasteiger partial charge is 0.480 e. The van der Waals surface area contributed by atoms with E-state index in [0.717, 1.165) is 0 Å². The lowest BCUT2D eigenvalue weighted by Gasteiger charge is -2.29. The lowest BCUT2D eigenvalue weighted by molar-refractivity contribution is -0.143. The molecule has 0 saturated carbocycles. The maximum atomic E-state index is 13.6. The van der Waals surface area contributed by atoms with Gasteiger partial charge in [-0.1, -0.05) is 20.3 Å². The molecule has 1 saturated heterocycles. The molecule has 0 aromatic carbocycles. The molecule has 1 aliphatic rings. The third-order valence-corrected chi connectivity index (χ3v) is 9.52. The smallest absolute Gasteiger partial charge is 0.326 e. The summed E-state index contributed by atoms with van der Waals surface area (Å²) in [5, 5.41) is 56.4. The molecule has 22 heteroatoms. The van der Waals surface area contributed by atoms with Gasteiger partial charge >= 0.3 is 11.9 Å². The molecule has 1 rings (SSSR count). The molecule has 312 valence electrons. The van der Waals surface area contributed by atoms with Gasteiger partial charge in [0.2, 0.25) is 41.4 Å². The van der Waals surface area contributed by atoms with Crippen LogP contribution >= 0.6 is 11.8 Å². The zero-order chi connectivity index (χ0) is 41.7. The van der Waals surface area contributed by atoms with Gasteiger partial charge in [0, 0.05) is 19.4 Å². The molecule has 0 bridgehead atoms. The number of hydrogen-bond donors (Lipinski definition) is 12. The minimum atomic E-state index is -1.70. The van der Waals surface area contributed by atoms with Crippen LogP contribution in [0.3, 0.4) is 0 Å². The van der Waals surface area contributed by atoms with Crippen LogP contribution in [0.4, 0.5) is 0 Å². The van der Waals surface area contributed by atoms with E-state index in [9.17, 15) is 63.6 Å². The predicted octanol–water partition coefficient (Wildman–Crippen LogP) is -3.96. The number of aliphatic carboxylic acids is 2. The van der Waals surface area contributed by atoms with Crippen LogP contribution < -0.4 is 43.0 Å². The molecule has 1 heterocycles. The minimum Gasteiger partial charge on any atom is -0.480 e. The Hall–Kier alpha value is -4.54. The van der Waals surface area contributed by atoms with Crippen molar-refractivity contribution in [3.8, 4) is 0 Å². The first-order valence-electron chi connectivity index (χ1n) is 18.0. The molecule has 1 fully saturated rings. The summed E-state index contributed by atoms with van der Waals surface area (Å²) >= 11 is 1.35. The molecule has 0 aromatic heterocycles. The highest BCUT2D eigenvalue weighted by atomic mass is 32.2. The number of amides is 7. The molecule has 7 amide bonds. The van der Waals surface area contributed by atoms with E-state index >= 15 is 0 Å². The molecule has 55 heavy (non-hydrogen) atoms. The lowest BCUT2D eigenvalue weighted by atomic mass is 9.97. The van der Waals surface area contributed by atoms with Gasteiger partial charge in [0.15, 0.2) is 0 Å². The molecule has 13 N–H and O–H groups in total. The van der Waals surface area contributed by atoms with Crippen molar-refractivity contribution in [2.75, 3.05) is 31.8 Å². The fourth-order valence-corrected chi connectivity index (χ4v) is 5.83. The zero-order valence-corrected chi connectivity index (χ0v) is 32.1. The Balaban J connectivity index is 3.35. The third kappa shape index (κ3) is 17.6. The minimum absolute atomic E-state index is 0.0559. The number of carboxylic acids is 2. The number of rotatable bonds is 18. The average Bonchev–Trinajstić information content (AvgIpc) is 3.13. The number of aliphatic hydroxyl groups is 2. The molecule has 21 nitrogen and oxygen atoms in total. The summed E-state index contributed by atoms with van der Waals surface area (Å²) in [7, 11) is 0. The molecule has 0 aromatic rings. The molecule has 8 atom stereocenters. The first-order chi connectivity index (χ1) is 26.0. The highest BCUT2D eigenvalue weighted by Gasteiger charge is 2.35. The number of carbonyl (C=O) groups is 9. The van der Waals surface area contributed by atoms with Crippen LogP contribution in [0.1, 0.15) is 71.6 Å². The van der Waals surface area contributed by atoms with E-state index < -0.39 is 115 Å². The van der Waals surface area contributed by atoms with E-state index in [4.69, 9.17) is 5.73 Å². The Morgan fingerprint density at radius 3 is 2.11 bits per heavy atom. The summed E-state index contributed by atoms with van der Waals surface area (Å²) in [6, 6.07) is -9.96. The molecule has 1 aliphatic heterocycles. The van der Waals surface area contributed by atoms with Crippen molar-refractivity contribution < 1.29 is 63.6 Å². The summed E-state index contributed by atoms with van der Waals surface area (Å²) in [5.74, 6) is -8.81. The van der Waals surface area contributed by atoms with Crippen molar-refractivity contribution in [1.29, 1.82) is 0 Å². The Bertz CT molecular complexity index is 1360. The van der Waals surface area contributed by atoms with Crippen LogP contribution in [-0.2, 0) is 43.2 Å². The van der Waals surface area contributed by atoms with E-state index in [1.54, 1.807) is 20.1 Å². The normalized spacial score (nSPS) is 22.8. The Morgan fingerprint density at radius 1 is 0.891 bits per heavy atom. The number of hydrogen-bond acceptors (Lipinski definition) is 13. The number of carbonyl (C=O) groups excluding carboxylic acids is 7. The highest BCUT2D eigenvalue weighted by Crippen LogP contribution is 2.12. The summed E-state index contributed by atoms with van der Waals surface area (Å²) < 4.78 is 0. The maximum absolute atomic E-state index is 13.6. The van der Waals surface area contributed by atoms with Gasteiger partial charge in [-0.15, -0.1) is 0 Å². The summed E-state index contributed by atoms with van der Waals surface area (Å²) in [5.41, 5.74) is 5.06. The van der Waals surface area contributed by atoms with Crippen molar-refractivity contribution in [3.05, 3.63) is 0 Å². The number of primary amides is 1. The van der Waals surface area contributed by atoms with Gasteiger partial charge < -0.3 is 58.1 Å². The first kappa shape index (κ1) is 48.5. The van der Waals surface area contributed by atoms with Gasteiger partial charge in [0.05, 0.1) is 19.3 Å². The second kappa shape index (κ2) is 25.5. The predicted molar refractivity (Wildman–Crippen MR) is 197 cm³/mol. The molecular formula is C33H56N8O13S. The Morgan fingerprint density at radius 2 is 1.55 bits per heavy atom. The third-order valence-electron chi connectivity index (χ3n) is 8.88. The number of aliphatic hydroxyl groups excluding tert-OH is 2. The van der Waals surface area contributed by atoms with Gasteiger partial charge in [-0.25, -0.2) is 4.79 Å². The number of nitrogens with one attached hydrogen (secondary N) is 7. The fraction of sp³-hybridized carbons (Fsp3) is 0.727. The van der Waals surface area contributed by atoms with Crippen molar-refractivity contribution in [2.24, 2.45) is 11.7 Å². The molecule has 0 aliphatic carbocycles. The van der Waals surface area contributed by atoms with E-state index in [1.165, 1.54) is 11.8 Å². The van der Waals surface area contributed by atoms with Gasteiger partial charge in [-0.05, 0) is 56.5 Å². The van der Waals surface area contributed by atoms with Gasteiger partial charge in [0.1, 0.15) is 36.3 Å². The molecule has 0 spiro atoms. The molecule has 3 unspecified atom stereocenters. The first-order valence-corrected chi connectivity index (χ1v) is 19.4. The van der Waals surface area contributed by atoms with E-state index in [1.807, 2.05) is 0 Å². The van der Waals surface area contributed by atoms with Crippen LogP contribution in [0.5, 0.6) is 0 Å². The topological polar surface area (TPSA) is 345 Å². The summed E-state index contributed by atoms with van der Waals surface area (Å²) in [6.07, 6.45) is 1.58. The van der Waals surface area contributed by atoms with Crippen LogP contribution in [0.15, 0.2) is 0 Å². The number of thioether (sulfide) groups is 1. The maximum Gasteiger partial charge on any atom is 0.326 e. The monoisotopic (exact) mass is 804 g/mol. The van der Waals surface area contributed by atoms with Gasteiger partial charge in [-0.2, -0.15) is 11.8 Å². The van der Waals surface area contributed by atoms with Crippen molar-refractivity contribution in [1.82, 2.24) is 37.2 Å². The summed E-state index contributed by atoms with van der Waals surface area (Å²) in [4.78, 5) is 114. The second-order valence-electron chi connectivity index (χ2n) is 13.1. The standard InChI is InChI=1S/C33H56N8O13S/c1-4-17(2)26(33(53)54)36-19-9-11-25(45)35-13-6-5-7-18(27(46)40-23(16-43)31(50)39-21(32(51)52)8-10-24(34)44)37-30(49)22(15-42)41-29(48)20(12-14-55-3)38-28(19)47/h17-23,26,36,42-43H,4-16H2,1-3H3,(H2,34,44)(H,35,45)(H,37,49)(H,38,47)(H,39,50)(H,40,46)(H,41,48)(H,51,52)(H,53,54)/t17-,18?,19?,20-,21?,22-,23-,26-/m0/s1. The SMILES string of the molecule is CC[C@H](C)[C@H](NC1CCC(=O)NCCCCC(C(=O)N[C@@H](CO)C(=O)NC(CCC(N)=O)C(=O)O)NC(=O)[C@H](CO)NC(=O)[C@H](CCSC)NC1=O)C(=O)O. The zero-order valence-electron chi connectivity index (χ0n) is 31.3. The lowest BCUT2D eigenvalue weighted by Crippen LogP contribution is -2.61. The quantitative estimate of drug-likeness (QED) is 0.0629. The van der Waals surface area contributed by atoms with Crippen LogP contribution in [0, 0.1) is 5.92 Å². The second-order valence-corrected chi connectivity index (χ2v) is 14.1. The van der Waals surface area contributed by atoms with Gasteiger partial charge in [-0.3, -0.25) is 43.7 Å². The van der Waals surface area contributed by atoms with Crippen LogP contribution in [0.2, 0.25) is 0 Å². The van der Waals surface area contributed by atoms with E-state index in [-0.39, 0.29) is 57.9 Å². The van der Waals surface area contributed by atoms with Gasteiger partial charge in [0.25, 0.3) is 0 Å². The molecular weight excluding hydrogens is 748 g/mol. The fourth-order valence-electron chi connectivity index (χ4n) is 5.35. The van der Waals surface area contributed by atoms with Crippen molar-refractivity contribution in [2.45, 2.75) is 114 Å². The highest BCUT2D eigenvalue weighted by molar-refractivity contribution is 7.98. The van der Waals surface area contributed by atoms with Crippen LogP contribution in [-0.4, -0.2) is 148 Å². The van der Waals surface area contributed by atoms with E-state index in [2.05, 4.69) is 37.2 Å². The Kier molecular flexibility index (Phi) is 22.5. The summed E-state index contributed by atoms with van der Waals surface area (Å²) in [6.45, 7) is 1.65.